The standard InChI is InChI=1S/C34H34Cl2FN7O4/c1-48-33-19(15-38-17-21-6-8-27(45)42-21)5-7-25(44-33)23-10-12-39-31(29(23)36)24-3-2-4-26(28(24)35)43-32-30(37)18(9-11-40-32)16-41-22-13-20(14-22)34(46)47/h2-5,7,9-12,20-22,38,41H,6,8,13-17H2,1H3,(H,40,43)(H,42,45)(H,46,47)/t20?,21-,22?/m1/s1. The summed E-state index contributed by atoms with van der Waals surface area (Å²) in [6, 6.07) is 12.5. The SMILES string of the molecule is COc1nc(-c2ccnc(-c3cccc(Nc4nccc(CNC5CC(C(=O)O)C5)c4F)c3Cl)c2Cl)ccc1CNC[C@H]1CCC(=O)N1. The Kier molecular flexibility index (Phi) is 10.4. The summed E-state index contributed by atoms with van der Waals surface area (Å²) in [5, 5.41) is 22.2. The van der Waals surface area contributed by atoms with Crippen LogP contribution in [0.15, 0.2) is 54.9 Å². The molecule has 1 aliphatic heterocycles. The van der Waals surface area contributed by atoms with Gasteiger partial charge >= 0.3 is 5.97 Å². The normalized spacial score (nSPS) is 18.7. The first-order valence-corrected chi connectivity index (χ1v) is 16.3. The monoisotopic (exact) mass is 693 g/mol. The van der Waals surface area contributed by atoms with Crippen LogP contribution in [-0.4, -0.2) is 57.7 Å². The number of rotatable bonds is 13. The zero-order valence-corrected chi connectivity index (χ0v) is 27.5. The molecule has 1 aliphatic carbocycles. The Bertz CT molecular complexity index is 1840. The fraction of sp³-hybridized carbons (Fsp3) is 0.324. The van der Waals surface area contributed by atoms with Gasteiger partial charge in [-0.05, 0) is 43.5 Å². The average Bonchev–Trinajstić information content (AvgIpc) is 3.47. The molecule has 14 heteroatoms. The van der Waals surface area contributed by atoms with Crippen LogP contribution in [-0.2, 0) is 22.7 Å². The fourth-order valence-corrected chi connectivity index (χ4v) is 6.43. The zero-order valence-electron chi connectivity index (χ0n) is 26.0. The lowest BCUT2D eigenvalue weighted by atomic mass is 9.80. The maximum absolute atomic E-state index is 15.5. The second-order valence-electron chi connectivity index (χ2n) is 11.8. The Morgan fingerprint density at radius 2 is 1.85 bits per heavy atom. The molecule has 3 aromatic heterocycles. The maximum atomic E-state index is 15.5. The number of carboxylic acids is 1. The van der Waals surface area contributed by atoms with Crippen molar-refractivity contribution < 1.29 is 23.8 Å². The van der Waals surface area contributed by atoms with Crippen molar-refractivity contribution in [2.45, 2.75) is 50.9 Å². The molecule has 2 aliphatic rings. The summed E-state index contributed by atoms with van der Waals surface area (Å²) < 4.78 is 21.1. The molecule has 4 heterocycles. The third-order valence-corrected chi connectivity index (χ3v) is 9.42. The van der Waals surface area contributed by atoms with Crippen molar-refractivity contribution in [3.8, 4) is 28.4 Å². The van der Waals surface area contributed by atoms with Crippen LogP contribution in [0.2, 0.25) is 10.0 Å². The van der Waals surface area contributed by atoms with Gasteiger partial charge in [-0.1, -0.05) is 41.4 Å². The molecule has 1 aromatic carbocycles. The molecule has 5 N–H and O–H groups in total. The number of carbonyl (C=O) groups excluding carboxylic acids is 1. The van der Waals surface area contributed by atoms with E-state index in [1.807, 2.05) is 12.1 Å². The van der Waals surface area contributed by atoms with Crippen LogP contribution in [0.5, 0.6) is 5.88 Å². The summed E-state index contributed by atoms with van der Waals surface area (Å²) >= 11 is 13.8. The van der Waals surface area contributed by atoms with E-state index in [1.165, 1.54) is 6.20 Å². The third-order valence-electron chi connectivity index (χ3n) is 8.63. The number of hydrogen-bond acceptors (Lipinski definition) is 9. The number of halogens is 3. The minimum atomic E-state index is -0.805. The van der Waals surface area contributed by atoms with Crippen LogP contribution in [0.25, 0.3) is 22.5 Å². The molecule has 1 amide bonds. The van der Waals surface area contributed by atoms with Crippen molar-refractivity contribution in [2.24, 2.45) is 5.92 Å². The van der Waals surface area contributed by atoms with E-state index in [9.17, 15) is 9.59 Å². The minimum Gasteiger partial charge on any atom is -0.481 e. The lowest BCUT2D eigenvalue weighted by molar-refractivity contribution is -0.145. The number of aliphatic carboxylic acids is 1. The molecule has 6 rings (SSSR count). The first-order valence-electron chi connectivity index (χ1n) is 15.6. The van der Waals surface area contributed by atoms with E-state index in [1.54, 1.807) is 43.6 Å². The molecule has 1 atom stereocenters. The Labute approximate surface area is 286 Å². The number of benzene rings is 1. The lowest BCUT2D eigenvalue weighted by Gasteiger charge is -2.33. The second-order valence-corrected chi connectivity index (χ2v) is 12.6. The summed E-state index contributed by atoms with van der Waals surface area (Å²) in [5.74, 6) is -1.18. The van der Waals surface area contributed by atoms with E-state index in [2.05, 4.69) is 31.2 Å². The van der Waals surface area contributed by atoms with E-state index >= 15 is 4.39 Å². The molecule has 0 unspecified atom stereocenters. The van der Waals surface area contributed by atoms with Gasteiger partial charge in [0.15, 0.2) is 11.6 Å². The Hall–Kier alpha value is -4.36. The van der Waals surface area contributed by atoms with Crippen molar-refractivity contribution in [3.63, 3.8) is 0 Å². The number of hydrogen-bond donors (Lipinski definition) is 5. The van der Waals surface area contributed by atoms with Crippen LogP contribution in [0.3, 0.4) is 0 Å². The first-order chi connectivity index (χ1) is 23.2. The van der Waals surface area contributed by atoms with Crippen molar-refractivity contribution in [1.82, 2.24) is 30.9 Å². The number of nitrogens with zero attached hydrogens (tertiary/aromatic N) is 3. The molecule has 48 heavy (non-hydrogen) atoms. The molecular formula is C34H34Cl2FN7O4. The van der Waals surface area contributed by atoms with E-state index in [0.29, 0.717) is 77.0 Å². The average molecular weight is 695 g/mol. The molecular weight excluding hydrogens is 660 g/mol. The maximum Gasteiger partial charge on any atom is 0.306 e. The van der Waals surface area contributed by atoms with Crippen LogP contribution >= 0.6 is 23.2 Å². The Balaban J connectivity index is 1.17. The van der Waals surface area contributed by atoms with Gasteiger partial charge < -0.3 is 31.1 Å². The number of carbonyl (C=O) groups is 2. The van der Waals surface area contributed by atoms with Gasteiger partial charge in [-0.2, -0.15) is 0 Å². The minimum absolute atomic E-state index is 0.00273. The van der Waals surface area contributed by atoms with Gasteiger partial charge in [0.1, 0.15) is 0 Å². The van der Waals surface area contributed by atoms with Crippen LogP contribution < -0.4 is 26.0 Å². The number of anilines is 2. The van der Waals surface area contributed by atoms with Gasteiger partial charge in [-0.3, -0.25) is 14.6 Å². The highest BCUT2D eigenvalue weighted by Crippen LogP contribution is 2.41. The third kappa shape index (κ3) is 7.36. The molecule has 2 fully saturated rings. The van der Waals surface area contributed by atoms with E-state index < -0.39 is 11.8 Å². The zero-order chi connectivity index (χ0) is 33.8. The van der Waals surface area contributed by atoms with E-state index in [0.717, 1.165) is 12.0 Å². The van der Waals surface area contributed by atoms with Gasteiger partial charge in [0.25, 0.3) is 0 Å². The summed E-state index contributed by atoms with van der Waals surface area (Å²) in [6.45, 7) is 1.39. The van der Waals surface area contributed by atoms with Crippen molar-refractivity contribution in [1.29, 1.82) is 0 Å². The number of nitrogens with one attached hydrogen (secondary N) is 4. The van der Waals surface area contributed by atoms with E-state index in [-0.39, 0.29) is 41.3 Å². The highest BCUT2D eigenvalue weighted by atomic mass is 35.5. The quantitative estimate of drug-likeness (QED) is 0.118. The largest absolute Gasteiger partial charge is 0.481 e. The molecule has 0 radical (unpaired) electrons. The highest BCUT2D eigenvalue weighted by molar-refractivity contribution is 6.39. The number of amides is 1. The number of carboxylic acid groups (broad SMARTS) is 1. The van der Waals surface area contributed by atoms with E-state index in [4.69, 9.17) is 38.0 Å². The molecule has 4 aromatic rings. The van der Waals surface area contributed by atoms with Gasteiger partial charge in [0, 0.05) is 72.8 Å². The summed E-state index contributed by atoms with van der Waals surface area (Å²) in [7, 11) is 1.55. The summed E-state index contributed by atoms with van der Waals surface area (Å²) in [5.41, 5.74) is 3.80. The molecule has 11 nitrogen and oxygen atoms in total. The number of pyridine rings is 3. The molecule has 1 saturated heterocycles. The molecule has 1 saturated carbocycles. The van der Waals surface area contributed by atoms with Crippen molar-refractivity contribution in [2.75, 3.05) is 19.0 Å². The molecule has 0 bridgehead atoms. The number of aromatic nitrogens is 3. The van der Waals surface area contributed by atoms with Crippen LogP contribution in [0.1, 0.15) is 36.8 Å². The highest BCUT2D eigenvalue weighted by Gasteiger charge is 2.34. The Morgan fingerprint density at radius 3 is 2.60 bits per heavy atom. The number of ether oxygens (including phenoxy) is 1. The fourth-order valence-electron chi connectivity index (χ4n) is 5.86. The van der Waals surface area contributed by atoms with Crippen molar-refractivity contribution >= 4 is 46.6 Å². The van der Waals surface area contributed by atoms with Gasteiger partial charge in [-0.15, -0.1) is 0 Å². The van der Waals surface area contributed by atoms with Crippen LogP contribution in [0.4, 0.5) is 15.9 Å². The molecule has 0 spiro atoms. The Morgan fingerprint density at radius 1 is 1.04 bits per heavy atom. The van der Waals surface area contributed by atoms with Gasteiger partial charge in [-0.25, -0.2) is 14.4 Å². The van der Waals surface area contributed by atoms with Crippen LogP contribution in [0, 0.1) is 11.7 Å². The lowest BCUT2D eigenvalue weighted by Crippen LogP contribution is -2.43. The second kappa shape index (κ2) is 14.8. The topological polar surface area (TPSA) is 150 Å². The molecule has 250 valence electrons. The number of methoxy groups -OCH3 is 1. The van der Waals surface area contributed by atoms with Crippen molar-refractivity contribution in [3.05, 3.63) is 81.8 Å². The predicted octanol–water partition coefficient (Wildman–Crippen LogP) is 5.72. The van der Waals surface area contributed by atoms with Gasteiger partial charge in [0.05, 0.1) is 40.1 Å². The van der Waals surface area contributed by atoms with Gasteiger partial charge in [0.2, 0.25) is 11.8 Å². The predicted molar refractivity (Wildman–Crippen MR) is 181 cm³/mol. The first kappa shape index (κ1) is 33.5. The smallest absolute Gasteiger partial charge is 0.306 e. The summed E-state index contributed by atoms with van der Waals surface area (Å²) in [6.07, 6.45) is 5.51. The summed E-state index contributed by atoms with van der Waals surface area (Å²) in [4.78, 5) is 36.0.